The van der Waals surface area contributed by atoms with Crippen LogP contribution in [0.3, 0.4) is 0 Å². The highest BCUT2D eigenvalue weighted by molar-refractivity contribution is 6.30. The van der Waals surface area contributed by atoms with Gasteiger partial charge >= 0.3 is 0 Å². The van der Waals surface area contributed by atoms with Gasteiger partial charge in [0.25, 0.3) is 0 Å². The summed E-state index contributed by atoms with van der Waals surface area (Å²) in [4.78, 5) is 13.2. The highest BCUT2D eigenvalue weighted by Gasteiger charge is 2.40. The molecule has 5 nitrogen and oxygen atoms in total. The number of nitrogens with one attached hydrogen (secondary N) is 2. The van der Waals surface area contributed by atoms with Gasteiger partial charge in [-0.25, -0.2) is 0 Å². The van der Waals surface area contributed by atoms with Crippen molar-refractivity contribution in [3.8, 4) is 0 Å². The van der Waals surface area contributed by atoms with Gasteiger partial charge in [0.1, 0.15) is 0 Å². The van der Waals surface area contributed by atoms with Crippen LogP contribution in [0.2, 0.25) is 5.02 Å². The second-order valence-corrected chi connectivity index (χ2v) is 10.6. The minimum Gasteiger partial charge on any atom is -0.325 e. The lowest BCUT2D eigenvalue weighted by Gasteiger charge is -2.21. The summed E-state index contributed by atoms with van der Waals surface area (Å²) < 4.78 is 1.99. The van der Waals surface area contributed by atoms with Crippen LogP contribution in [-0.2, 0) is 10.3 Å². The molecule has 1 aliphatic rings. The molecule has 2 aromatic carbocycles. The van der Waals surface area contributed by atoms with E-state index in [0.29, 0.717) is 17.4 Å². The van der Waals surface area contributed by atoms with Crippen molar-refractivity contribution in [3.05, 3.63) is 82.6 Å². The zero-order valence-electron chi connectivity index (χ0n) is 20.4. The number of rotatable bonds is 5. The van der Waals surface area contributed by atoms with Crippen molar-refractivity contribution >= 4 is 35.6 Å². The van der Waals surface area contributed by atoms with Gasteiger partial charge in [0.05, 0.1) is 17.3 Å². The zero-order valence-corrected chi connectivity index (χ0v) is 22.0. The van der Waals surface area contributed by atoms with Crippen molar-refractivity contribution < 1.29 is 4.79 Å². The summed E-state index contributed by atoms with van der Waals surface area (Å²) in [6, 6.07) is 17.7. The largest absolute Gasteiger partial charge is 0.325 e. The molecule has 1 aliphatic heterocycles. The predicted molar refractivity (Wildman–Crippen MR) is 142 cm³/mol. The minimum atomic E-state index is -0.319. The number of benzene rings is 2. The summed E-state index contributed by atoms with van der Waals surface area (Å²) in [5, 5.41) is 12.2. The number of hydrogen-bond acceptors (Lipinski definition) is 3. The molecule has 7 heteroatoms. The molecule has 4 rings (SSSR count). The Morgan fingerprint density at radius 1 is 1.09 bits per heavy atom. The first-order valence-electron chi connectivity index (χ1n) is 11.6. The summed E-state index contributed by atoms with van der Waals surface area (Å²) in [5.74, 6) is 0.512. The molecule has 1 amide bonds. The van der Waals surface area contributed by atoms with Gasteiger partial charge in [-0.2, -0.15) is 5.10 Å². The van der Waals surface area contributed by atoms with Gasteiger partial charge in [0.2, 0.25) is 5.91 Å². The van der Waals surface area contributed by atoms with E-state index in [1.165, 1.54) is 5.56 Å². The minimum absolute atomic E-state index is 0. The normalized spacial score (nSPS) is 20.3. The molecule has 3 aromatic rings. The van der Waals surface area contributed by atoms with Gasteiger partial charge in [-0.05, 0) is 74.6 Å². The molecule has 1 fully saturated rings. The van der Waals surface area contributed by atoms with Gasteiger partial charge in [-0.15, -0.1) is 12.4 Å². The van der Waals surface area contributed by atoms with Gasteiger partial charge in [0.15, 0.2) is 0 Å². The van der Waals surface area contributed by atoms with Crippen molar-refractivity contribution in [3.63, 3.8) is 0 Å². The molecule has 1 saturated heterocycles. The highest BCUT2D eigenvalue weighted by Crippen LogP contribution is 2.40. The Morgan fingerprint density at radius 3 is 2.29 bits per heavy atom. The molecule has 0 spiro atoms. The fourth-order valence-electron chi connectivity index (χ4n) is 4.35. The second kappa shape index (κ2) is 10.5. The molecule has 0 saturated carbocycles. The monoisotopic (exact) mass is 500 g/mol. The fraction of sp³-hybridized carbons (Fsp3) is 0.407. The van der Waals surface area contributed by atoms with Crippen molar-refractivity contribution in [1.29, 1.82) is 0 Å². The van der Waals surface area contributed by atoms with Crippen LogP contribution < -0.4 is 10.6 Å². The van der Waals surface area contributed by atoms with Crippen molar-refractivity contribution in [2.24, 2.45) is 0 Å². The van der Waals surface area contributed by atoms with Crippen LogP contribution in [-0.4, -0.2) is 21.7 Å². The van der Waals surface area contributed by atoms with Gasteiger partial charge < -0.3 is 5.32 Å². The Bertz CT molecular complexity index is 1100. The Kier molecular flexibility index (Phi) is 8.12. The van der Waals surface area contributed by atoms with Crippen molar-refractivity contribution in [2.45, 2.75) is 70.5 Å². The number of halogens is 2. The SMILES string of the molecule is CC(C)c1ccc(NC(=O)[C@@H]2CC(c3ccn(C(C)(C)C)n3)[C@H](c3ccc(Cl)cc3)N2)cc1.Cl. The molecular formula is C27H34Cl2N4O. The van der Waals surface area contributed by atoms with E-state index < -0.39 is 0 Å². The molecule has 2 N–H and O–H groups in total. The average molecular weight is 502 g/mol. The van der Waals surface area contributed by atoms with Crippen LogP contribution in [0.4, 0.5) is 5.69 Å². The number of aromatic nitrogens is 2. The summed E-state index contributed by atoms with van der Waals surface area (Å²) >= 11 is 6.12. The predicted octanol–water partition coefficient (Wildman–Crippen LogP) is 6.66. The molecule has 0 bridgehead atoms. The van der Waals surface area contributed by atoms with Gasteiger partial charge in [-0.3, -0.25) is 14.8 Å². The molecule has 34 heavy (non-hydrogen) atoms. The lowest BCUT2D eigenvalue weighted by Crippen LogP contribution is -2.36. The molecule has 182 valence electrons. The van der Waals surface area contributed by atoms with Crippen molar-refractivity contribution in [1.82, 2.24) is 15.1 Å². The lowest BCUT2D eigenvalue weighted by molar-refractivity contribution is -0.117. The average Bonchev–Trinajstić information content (AvgIpc) is 3.42. The maximum Gasteiger partial charge on any atom is 0.241 e. The topological polar surface area (TPSA) is 59.0 Å². The van der Waals surface area contributed by atoms with Crippen LogP contribution in [0.1, 0.15) is 75.7 Å². The van der Waals surface area contributed by atoms with Crippen LogP contribution in [0.25, 0.3) is 0 Å². The van der Waals surface area contributed by atoms with E-state index in [2.05, 4.69) is 63.5 Å². The van der Waals surface area contributed by atoms with Gasteiger partial charge in [-0.1, -0.05) is 49.7 Å². The molecule has 0 aliphatic carbocycles. The number of amides is 1. The third-order valence-electron chi connectivity index (χ3n) is 6.34. The zero-order chi connectivity index (χ0) is 23.8. The molecule has 2 heterocycles. The lowest BCUT2D eigenvalue weighted by atomic mass is 9.90. The van der Waals surface area contributed by atoms with Crippen LogP contribution in [0.5, 0.6) is 0 Å². The summed E-state index contributed by atoms with van der Waals surface area (Å²) in [7, 11) is 0. The highest BCUT2D eigenvalue weighted by atomic mass is 35.5. The van der Waals surface area contributed by atoms with Gasteiger partial charge in [0, 0.05) is 28.9 Å². The number of carbonyl (C=O) groups is 1. The summed E-state index contributed by atoms with van der Waals surface area (Å²) in [6.07, 6.45) is 2.70. The van der Waals surface area contributed by atoms with E-state index in [0.717, 1.165) is 16.9 Å². The third-order valence-corrected chi connectivity index (χ3v) is 6.59. The number of hydrogen-bond donors (Lipinski definition) is 2. The van der Waals surface area contributed by atoms with E-state index in [-0.39, 0.29) is 41.9 Å². The number of nitrogens with zero attached hydrogens (tertiary/aromatic N) is 2. The number of carbonyl (C=O) groups excluding carboxylic acids is 1. The van der Waals surface area contributed by atoms with Crippen LogP contribution in [0, 0.1) is 0 Å². The molecule has 3 atom stereocenters. The Labute approximate surface area is 213 Å². The Balaban J connectivity index is 0.00000324. The first-order valence-corrected chi connectivity index (χ1v) is 12.0. The first kappa shape index (κ1) is 26.3. The van der Waals surface area contributed by atoms with Crippen LogP contribution >= 0.6 is 24.0 Å². The molecule has 1 aromatic heterocycles. The van der Waals surface area contributed by atoms with E-state index in [9.17, 15) is 4.79 Å². The Hall–Kier alpha value is -2.34. The maximum atomic E-state index is 13.2. The molecular weight excluding hydrogens is 467 g/mol. The Morgan fingerprint density at radius 2 is 1.74 bits per heavy atom. The number of anilines is 1. The van der Waals surface area contributed by atoms with Crippen molar-refractivity contribution in [2.75, 3.05) is 5.32 Å². The summed E-state index contributed by atoms with van der Waals surface area (Å²) in [6.45, 7) is 10.7. The summed E-state index contributed by atoms with van der Waals surface area (Å²) in [5.41, 5.74) is 4.07. The molecule has 0 radical (unpaired) electrons. The van der Waals surface area contributed by atoms with Crippen LogP contribution in [0.15, 0.2) is 60.8 Å². The van der Waals surface area contributed by atoms with E-state index >= 15 is 0 Å². The maximum absolute atomic E-state index is 13.2. The second-order valence-electron chi connectivity index (χ2n) is 10.2. The smallest absolute Gasteiger partial charge is 0.241 e. The first-order chi connectivity index (χ1) is 15.6. The van der Waals surface area contributed by atoms with E-state index in [4.69, 9.17) is 16.7 Å². The third kappa shape index (κ3) is 5.83. The standard InChI is InChI=1S/C27H33ClN4O.ClH/c1-17(2)18-8-12-21(13-9-18)29-26(33)24-16-22(23-14-15-32(31-23)27(3,4)5)25(30-24)19-6-10-20(28)11-7-19;/h6-15,17,22,24-25,30H,16H2,1-5H3,(H,29,33);1H/t22?,24-,25-;/m0./s1. The quantitative estimate of drug-likeness (QED) is 0.411. The molecule has 1 unspecified atom stereocenters. The van der Waals surface area contributed by atoms with E-state index in [1.807, 2.05) is 47.3 Å². The van der Waals surface area contributed by atoms with E-state index in [1.54, 1.807) is 0 Å². The fourth-order valence-corrected chi connectivity index (χ4v) is 4.48.